The van der Waals surface area contributed by atoms with Crippen LogP contribution in [0.25, 0.3) is 0 Å². The van der Waals surface area contributed by atoms with Gasteiger partial charge in [-0.2, -0.15) is 0 Å². The average molecular weight is 235 g/mol. The lowest BCUT2D eigenvalue weighted by Gasteiger charge is -2.23. The molecule has 1 heterocycles. The third-order valence-electron chi connectivity index (χ3n) is 2.08. The van der Waals surface area contributed by atoms with E-state index in [0.717, 1.165) is 10.9 Å². The second kappa shape index (κ2) is 4.01. The summed E-state index contributed by atoms with van der Waals surface area (Å²) in [4.78, 5) is 5.83. The number of amidine groups is 1. The van der Waals surface area contributed by atoms with Gasteiger partial charge in [0, 0.05) is 4.90 Å². The average Bonchev–Trinajstić information content (AvgIpc) is 2.14. The molecule has 0 aromatic heterocycles. The Kier molecular flexibility index (Phi) is 2.84. The Labute approximate surface area is 101 Å². The monoisotopic (exact) mass is 235 g/mol. The van der Waals surface area contributed by atoms with E-state index in [1.165, 1.54) is 10.5 Å². The van der Waals surface area contributed by atoms with Crippen molar-refractivity contribution in [2.45, 2.75) is 38.1 Å². The molecule has 3 nitrogen and oxygen atoms in total. The van der Waals surface area contributed by atoms with Gasteiger partial charge in [-0.15, -0.1) is 0 Å². The zero-order chi connectivity index (χ0) is 11.8. The van der Waals surface area contributed by atoms with Gasteiger partial charge >= 0.3 is 0 Å². The molecule has 0 radical (unpaired) electrons. The molecule has 1 aliphatic heterocycles. The van der Waals surface area contributed by atoms with Crippen LogP contribution < -0.4 is 10.9 Å². The van der Waals surface area contributed by atoms with Gasteiger partial charge in [0.1, 0.15) is 0 Å². The molecule has 1 aliphatic rings. The first-order valence-electron chi connectivity index (χ1n) is 5.34. The molecule has 2 rings (SSSR count). The number of nitrogens with zero attached hydrogens (tertiary/aromatic N) is 1. The number of hydrazine groups is 1. The molecular formula is C12H17N3S. The van der Waals surface area contributed by atoms with Crippen molar-refractivity contribution in [1.29, 1.82) is 0 Å². The van der Waals surface area contributed by atoms with E-state index in [4.69, 9.17) is 0 Å². The summed E-state index contributed by atoms with van der Waals surface area (Å²) in [5, 5.41) is 0.922. The number of aliphatic imine (C=N–C) groups is 1. The largest absolute Gasteiger partial charge is 0.298 e. The highest BCUT2D eigenvalue weighted by Gasteiger charge is 2.17. The smallest absolute Gasteiger partial charge is 0.180 e. The number of fused-ring (bicyclic) bond motifs is 1. The number of rotatable bonds is 0. The van der Waals surface area contributed by atoms with E-state index < -0.39 is 0 Å². The molecule has 0 saturated heterocycles. The third kappa shape index (κ3) is 2.70. The van der Waals surface area contributed by atoms with Crippen molar-refractivity contribution in [3.63, 3.8) is 0 Å². The highest BCUT2D eigenvalue weighted by molar-refractivity contribution is 8.14. The van der Waals surface area contributed by atoms with E-state index in [2.05, 4.69) is 61.7 Å². The molecule has 86 valence electrons. The predicted octanol–water partition coefficient (Wildman–Crippen LogP) is 3.17. The summed E-state index contributed by atoms with van der Waals surface area (Å²) in [6.07, 6.45) is 0. The zero-order valence-corrected chi connectivity index (χ0v) is 10.9. The van der Waals surface area contributed by atoms with Gasteiger partial charge in [0.2, 0.25) is 0 Å². The van der Waals surface area contributed by atoms with Crippen molar-refractivity contribution in [3.05, 3.63) is 23.8 Å². The van der Waals surface area contributed by atoms with E-state index in [9.17, 15) is 0 Å². The first-order chi connectivity index (χ1) is 7.44. The van der Waals surface area contributed by atoms with Crippen LogP contribution in [0, 0.1) is 6.92 Å². The van der Waals surface area contributed by atoms with Gasteiger partial charge in [-0.05, 0) is 57.2 Å². The highest BCUT2D eigenvalue weighted by Crippen LogP contribution is 2.32. The fraction of sp³-hybridized carbons (Fsp3) is 0.417. The van der Waals surface area contributed by atoms with Crippen molar-refractivity contribution < 1.29 is 0 Å². The molecular weight excluding hydrogens is 218 g/mol. The van der Waals surface area contributed by atoms with Gasteiger partial charge in [-0.25, -0.2) is 0 Å². The van der Waals surface area contributed by atoms with E-state index in [0.29, 0.717) is 0 Å². The molecule has 2 N–H and O–H groups in total. The van der Waals surface area contributed by atoms with E-state index in [-0.39, 0.29) is 5.54 Å². The Morgan fingerprint density at radius 1 is 1.19 bits per heavy atom. The summed E-state index contributed by atoms with van der Waals surface area (Å²) < 4.78 is 0. The molecule has 0 bridgehead atoms. The number of benzene rings is 1. The van der Waals surface area contributed by atoms with Crippen LogP contribution >= 0.6 is 11.8 Å². The number of hydrogen-bond donors (Lipinski definition) is 2. The molecule has 16 heavy (non-hydrogen) atoms. The molecule has 0 spiro atoms. The number of nitrogens with one attached hydrogen (secondary N) is 2. The summed E-state index contributed by atoms with van der Waals surface area (Å²) >= 11 is 1.67. The third-order valence-corrected chi connectivity index (χ3v) is 3.03. The molecule has 1 aromatic rings. The summed E-state index contributed by atoms with van der Waals surface area (Å²) in [5.74, 6) is 0. The SMILES string of the molecule is Cc1ccc2c(c1)SC(=NC(C)(C)C)NN2. The van der Waals surface area contributed by atoms with Gasteiger partial charge in [0.25, 0.3) is 0 Å². The summed E-state index contributed by atoms with van der Waals surface area (Å²) in [5.41, 5.74) is 8.60. The molecule has 4 heteroatoms. The zero-order valence-electron chi connectivity index (χ0n) is 10.1. The maximum absolute atomic E-state index is 4.60. The molecule has 0 saturated carbocycles. The molecule has 0 atom stereocenters. The fourth-order valence-electron chi connectivity index (χ4n) is 1.42. The minimum atomic E-state index is -0.0572. The fourth-order valence-corrected chi connectivity index (χ4v) is 2.53. The maximum Gasteiger partial charge on any atom is 0.180 e. The molecule has 0 unspecified atom stereocenters. The van der Waals surface area contributed by atoms with Crippen LogP contribution in [0.3, 0.4) is 0 Å². The van der Waals surface area contributed by atoms with Gasteiger partial charge < -0.3 is 0 Å². The standard InChI is InChI=1S/C12H17N3S/c1-8-5-6-9-10(7-8)16-11(15-14-9)13-12(2,3)4/h5-7,14H,1-4H3,(H,13,15). The van der Waals surface area contributed by atoms with Crippen LogP contribution in [0.2, 0.25) is 0 Å². The van der Waals surface area contributed by atoms with Crippen LogP contribution in [-0.2, 0) is 0 Å². The lowest BCUT2D eigenvalue weighted by molar-refractivity contribution is 0.583. The number of aryl methyl sites for hydroxylation is 1. The van der Waals surface area contributed by atoms with E-state index >= 15 is 0 Å². The quantitative estimate of drug-likeness (QED) is 0.725. The van der Waals surface area contributed by atoms with E-state index in [1.807, 2.05) is 0 Å². The maximum atomic E-state index is 4.60. The van der Waals surface area contributed by atoms with Crippen LogP contribution in [0.5, 0.6) is 0 Å². The molecule has 0 fully saturated rings. The minimum Gasteiger partial charge on any atom is -0.298 e. The van der Waals surface area contributed by atoms with Crippen molar-refractivity contribution in [3.8, 4) is 0 Å². The van der Waals surface area contributed by atoms with E-state index in [1.54, 1.807) is 11.8 Å². The molecule has 1 aromatic carbocycles. The van der Waals surface area contributed by atoms with Crippen LogP contribution in [0.4, 0.5) is 5.69 Å². The Morgan fingerprint density at radius 2 is 1.94 bits per heavy atom. The Hall–Kier alpha value is -1.16. The van der Waals surface area contributed by atoms with Crippen LogP contribution in [0.15, 0.2) is 28.1 Å². The first-order valence-corrected chi connectivity index (χ1v) is 6.16. The van der Waals surface area contributed by atoms with Gasteiger partial charge in [0.15, 0.2) is 5.17 Å². The second-order valence-electron chi connectivity index (χ2n) is 4.94. The molecule has 0 amide bonds. The lowest BCUT2D eigenvalue weighted by Crippen LogP contribution is -2.33. The van der Waals surface area contributed by atoms with Crippen molar-refractivity contribution in [2.24, 2.45) is 4.99 Å². The predicted molar refractivity (Wildman–Crippen MR) is 71.0 cm³/mol. The number of thioether (sulfide) groups is 1. The summed E-state index contributed by atoms with van der Waals surface area (Å²) in [7, 11) is 0. The van der Waals surface area contributed by atoms with Crippen molar-refractivity contribution in [2.75, 3.05) is 5.43 Å². The van der Waals surface area contributed by atoms with Gasteiger partial charge in [-0.3, -0.25) is 15.8 Å². The van der Waals surface area contributed by atoms with Crippen molar-refractivity contribution >= 4 is 22.6 Å². The first kappa shape index (κ1) is 11.3. The van der Waals surface area contributed by atoms with Gasteiger partial charge in [-0.1, -0.05) is 6.07 Å². The molecule has 0 aliphatic carbocycles. The Bertz CT molecular complexity index is 432. The highest BCUT2D eigenvalue weighted by atomic mass is 32.2. The van der Waals surface area contributed by atoms with Crippen molar-refractivity contribution in [1.82, 2.24) is 5.43 Å². The second-order valence-corrected chi connectivity index (χ2v) is 5.97. The summed E-state index contributed by atoms with van der Waals surface area (Å²) in [6.45, 7) is 8.37. The Balaban J connectivity index is 2.26. The normalized spacial score (nSPS) is 17.6. The number of hydrogen-bond acceptors (Lipinski definition) is 3. The number of anilines is 1. The van der Waals surface area contributed by atoms with Gasteiger partial charge in [0.05, 0.1) is 11.2 Å². The summed E-state index contributed by atoms with van der Waals surface area (Å²) in [6, 6.07) is 6.35. The topological polar surface area (TPSA) is 36.4 Å². The van der Waals surface area contributed by atoms with Crippen LogP contribution in [0.1, 0.15) is 26.3 Å². The minimum absolute atomic E-state index is 0.0572. The van der Waals surface area contributed by atoms with Crippen LogP contribution in [-0.4, -0.2) is 10.7 Å². The lowest BCUT2D eigenvalue weighted by atomic mass is 10.1. The Morgan fingerprint density at radius 3 is 2.62 bits per heavy atom.